The summed E-state index contributed by atoms with van der Waals surface area (Å²) in [5.74, 6) is -0.273. The minimum Gasteiger partial charge on any atom is -0.322 e. The first-order valence-corrected chi connectivity index (χ1v) is 7.85. The molecule has 2 aromatic rings. The Balaban J connectivity index is 2.11. The van der Waals surface area contributed by atoms with Crippen molar-refractivity contribution < 1.29 is 4.79 Å². The van der Waals surface area contributed by atoms with E-state index in [9.17, 15) is 9.59 Å². The maximum Gasteiger partial charge on any atom is 0.255 e. The molecule has 0 saturated carbocycles. The molecule has 1 aromatic heterocycles. The zero-order chi connectivity index (χ0) is 15.2. The molecule has 21 heavy (non-hydrogen) atoms. The summed E-state index contributed by atoms with van der Waals surface area (Å²) in [7, 11) is 1.65. The molecule has 1 aromatic carbocycles. The highest BCUT2D eigenvalue weighted by Crippen LogP contribution is 2.13. The highest BCUT2D eigenvalue weighted by Gasteiger charge is 2.07. The van der Waals surface area contributed by atoms with Gasteiger partial charge < -0.3 is 9.88 Å². The molecule has 2 rings (SSSR count). The third kappa shape index (κ3) is 4.29. The van der Waals surface area contributed by atoms with E-state index in [2.05, 4.69) is 21.2 Å². The summed E-state index contributed by atoms with van der Waals surface area (Å²) in [6.07, 6.45) is 3.59. The van der Waals surface area contributed by atoms with Crippen LogP contribution >= 0.6 is 15.9 Å². The lowest BCUT2D eigenvalue weighted by atomic mass is 10.1. The fourth-order valence-corrected chi connectivity index (χ4v) is 2.25. The molecule has 1 amide bonds. The van der Waals surface area contributed by atoms with Crippen LogP contribution in [0.1, 0.15) is 22.3 Å². The SMILES string of the molecule is Cn1ccc(C(=O)Nc2cccc(CCCBr)c2)cc1=O. The smallest absolute Gasteiger partial charge is 0.255 e. The molecule has 4 nitrogen and oxygen atoms in total. The number of carbonyl (C=O) groups excluding carboxylic acids is 1. The van der Waals surface area contributed by atoms with E-state index in [1.165, 1.54) is 16.2 Å². The minimum atomic E-state index is -0.273. The highest BCUT2D eigenvalue weighted by molar-refractivity contribution is 9.09. The van der Waals surface area contributed by atoms with Crippen molar-refractivity contribution in [3.05, 3.63) is 64.1 Å². The molecule has 0 aliphatic rings. The van der Waals surface area contributed by atoms with E-state index < -0.39 is 0 Å². The first kappa shape index (κ1) is 15.5. The molecular weight excluding hydrogens is 332 g/mol. The van der Waals surface area contributed by atoms with Crippen molar-refractivity contribution in [1.29, 1.82) is 0 Å². The Kier molecular flexibility index (Phi) is 5.33. The van der Waals surface area contributed by atoms with Crippen molar-refractivity contribution in [1.82, 2.24) is 4.57 Å². The molecule has 0 saturated heterocycles. The number of nitrogens with one attached hydrogen (secondary N) is 1. The Morgan fingerprint density at radius 1 is 1.29 bits per heavy atom. The number of halogens is 1. The van der Waals surface area contributed by atoms with Crippen LogP contribution in [0.3, 0.4) is 0 Å². The first-order chi connectivity index (χ1) is 10.1. The van der Waals surface area contributed by atoms with E-state index in [-0.39, 0.29) is 11.5 Å². The van der Waals surface area contributed by atoms with Crippen molar-refractivity contribution in [3.63, 3.8) is 0 Å². The third-order valence-electron chi connectivity index (χ3n) is 3.15. The molecule has 1 N–H and O–H groups in total. The monoisotopic (exact) mass is 348 g/mol. The lowest BCUT2D eigenvalue weighted by Gasteiger charge is -2.07. The van der Waals surface area contributed by atoms with Gasteiger partial charge in [-0.2, -0.15) is 0 Å². The van der Waals surface area contributed by atoms with Crippen molar-refractivity contribution in [2.24, 2.45) is 7.05 Å². The fraction of sp³-hybridized carbons (Fsp3) is 0.250. The molecule has 0 radical (unpaired) electrons. The van der Waals surface area contributed by atoms with Gasteiger partial charge in [0.1, 0.15) is 0 Å². The summed E-state index contributed by atoms with van der Waals surface area (Å²) in [6.45, 7) is 0. The summed E-state index contributed by atoms with van der Waals surface area (Å²) < 4.78 is 1.43. The summed E-state index contributed by atoms with van der Waals surface area (Å²) in [4.78, 5) is 23.7. The quantitative estimate of drug-likeness (QED) is 0.844. The number of alkyl halides is 1. The van der Waals surface area contributed by atoms with E-state index in [0.717, 1.165) is 23.9 Å². The van der Waals surface area contributed by atoms with E-state index in [0.29, 0.717) is 5.56 Å². The molecule has 0 bridgehead atoms. The van der Waals surface area contributed by atoms with Crippen LogP contribution in [0.25, 0.3) is 0 Å². The zero-order valence-corrected chi connectivity index (χ0v) is 13.4. The molecule has 110 valence electrons. The molecule has 1 heterocycles. The third-order valence-corrected chi connectivity index (χ3v) is 3.71. The Morgan fingerprint density at radius 3 is 2.81 bits per heavy atom. The Labute approximate surface area is 131 Å². The number of aryl methyl sites for hydroxylation is 2. The van der Waals surface area contributed by atoms with Gasteiger partial charge in [-0.05, 0) is 36.6 Å². The summed E-state index contributed by atoms with van der Waals surface area (Å²) in [6, 6.07) is 10.7. The number of rotatable bonds is 5. The Hall–Kier alpha value is -1.88. The van der Waals surface area contributed by atoms with Crippen molar-refractivity contribution in [3.8, 4) is 0 Å². The van der Waals surface area contributed by atoms with Gasteiger partial charge in [0.05, 0.1) is 0 Å². The lowest BCUT2D eigenvalue weighted by Crippen LogP contribution is -2.20. The van der Waals surface area contributed by atoms with Crippen LogP contribution in [0.5, 0.6) is 0 Å². The van der Waals surface area contributed by atoms with Crippen LogP contribution in [0.4, 0.5) is 5.69 Å². The summed E-state index contributed by atoms with van der Waals surface area (Å²) in [5, 5.41) is 3.78. The average molecular weight is 349 g/mol. The van der Waals surface area contributed by atoms with Gasteiger partial charge in [-0.25, -0.2) is 0 Å². The number of benzene rings is 1. The average Bonchev–Trinajstić information content (AvgIpc) is 2.48. The van der Waals surface area contributed by atoms with Crippen LogP contribution in [0.2, 0.25) is 0 Å². The number of hydrogen-bond donors (Lipinski definition) is 1. The molecule has 5 heteroatoms. The van der Waals surface area contributed by atoms with Crippen LogP contribution in [0.15, 0.2) is 47.4 Å². The molecule has 0 aliphatic carbocycles. The van der Waals surface area contributed by atoms with E-state index in [1.807, 2.05) is 24.3 Å². The van der Waals surface area contributed by atoms with E-state index in [4.69, 9.17) is 0 Å². The molecule has 0 fully saturated rings. The van der Waals surface area contributed by atoms with Gasteiger partial charge in [0.25, 0.3) is 11.5 Å². The number of pyridine rings is 1. The number of aromatic nitrogens is 1. The van der Waals surface area contributed by atoms with Crippen molar-refractivity contribution in [2.45, 2.75) is 12.8 Å². The van der Waals surface area contributed by atoms with Crippen LogP contribution in [-0.4, -0.2) is 15.8 Å². The largest absolute Gasteiger partial charge is 0.322 e. The van der Waals surface area contributed by atoms with Gasteiger partial charge in [-0.1, -0.05) is 28.1 Å². The summed E-state index contributed by atoms with van der Waals surface area (Å²) >= 11 is 3.41. The van der Waals surface area contributed by atoms with Gasteiger partial charge in [0.2, 0.25) is 0 Å². The fourth-order valence-electron chi connectivity index (χ4n) is 1.97. The number of anilines is 1. The second-order valence-electron chi connectivity index (χ2n) is 4.81. The maximum atomic E-state index is 12.1. The van der Waals surface area contributed by atoms with Gasteiger partial charge in [0.15, 0.2) is 0 Å². The second kappa shape index (κ2) is 7.22. The molecule has 0 atom stereocenters. The van der Waals surface area contributed by atoms with Gasteiger partial charge in [0, 0.05) is 35.9 Å². The number of nitrogens with zero attached hydrogens (tertiary/aromatic N) is 1. The van der Waals surface area contributed by atoms with Gasteiger partial charge >= 0.3 is 0 Å². The predicted molar refractivity (Wildman–Crippen MR) is 88.2 cm³/mol. The minimum absolute atomic E-state index is 0.200. The Morgan fingerprint density at radius 2 is 2.10 bits per heavy atom. The van der Waals surface area contributed by atoms with E-state index in [1.54, 1.807) is 19.3 Å². The van der Waals surface area contributed by atoms with Crippen molar-refractivity contribution in [2.75, 3.05) is 10.6 Å². The van der Waals surface area contributed by atoms with E-state index >= 15 is 0 Å². The number of carbonyl (C=O) groups is 1. The first-order valence-electron chi connectivity index (χ1n) is 6.73. The standard InChI is InChI=1S/C16H17BrN2O2/c1-19-9-7-13(11-15(19)20)16(21)18-14-6-2-4-12(10-14)5-3-8-17/h2,4,6-7,9-11H,3,5,8H2,1H3,(H,18,21). The number of amides is 1. The van der Waals surface area contributed by atoms with Crippen LogP contribution in [0, 0.1) is 0 Å². The normalized spacial score (nSPS) is 10.4. The number of hydrogen-bond acceptors (Lipinski definition) is 2. The summed E-state index contributed by atoms with van der Waals surface area (Å²) in [5.41, 5.74) is 2.08. The van der Waals surface area contributed by atoms with Crippen LogP contribution < -0.4 is 10.9 Å². The van der Waals surface area contributed by atoms with Crippen LogP contribution in [-0.2, 0) is 13.5 Å². The van der Waals surface area contributed by atoms with Crippen molar-refractivity contribution >= 4 is 27.5 Å². The molecule has 0 unspecified atom stereocenters. The molecule has 0 aliphatic heterocycles. The molecule has 0 spiro atoms. The lowest BCUT2D eigenvalue weighted by molar-refractivity contribution is 0.102. The maximum absolute atomic E-state index is 12.1. The van der Waals surface area contributed by atoms with Gasteiger partial charge in [-0.15, -0.1) is 0 Å². The topological polar surface area (TPSA) is 51.1 Å². The van der Waals surface area contributed by atoms with Gasteiger partial charge in [-0.3, -0.25) is 9.59 Å². The highest BCUT2D eigenvalue weighted by atomic mass is 79.9. The predicted octanol–water partition coefficient (Wildman–Crippen LogP) is 2.97. The second-order valence-corrected chi connectivity index (χ2v) is 5.60. The Bertz CT molecular complexity index is 695. The molecular formula is C16H17BrN2O2. The zero-order valence-electron chi connectivity index (χ0n) is 11.8.